The van der Waals surface area contributed by atoms with Crippen molar-refractivity contribution in [3.63, 3.8) is 0 Å². The Kier molecular flexibility index (Phi) is 7.19. The fraction of sp³-hybridized carbons (Fsp3) is 0.600. The fourth-order valence-electron chi connectivity index (χ4n) is 1.99. The highest BCUT2D eigenvalue weighted by atomic mass is 32.2. The van der Waals surface area contributed by atoms with Gasteiger partial charge in [0.2, 0.25) is 10.0 Å². The zero-order valence-electron chi connectivity index (χ0n) is 12.6. The molecule has 0 amide bonds. The van der Waals surface area contributed by atoms with E-state index >= 15 is 0 Å². The van der Waals surface area contributed by atoms with Gasteiger partial charge in [0.25, 0.3) is 0 Å². The van der Waals surface area contributed by atoms with Crippen molar-refractivity contribution in [2.45, 2.75) is 44.6 Å². The highest BCUT2D eigenvalue weighted by molar-refractivity contribution is 7.89. The molecular weight excluding hydrogens is 272 g/mol. The van der Waals surface area contributed by atoms with Crippen molar-refractivity contribution >= 4 is 10.0 Å². The molecule has 0 aromatic heterocycles. The molecule has 0 unspecified atom stereocenters. The number of benzene rings is 1. The monoisotopic (exact) mass is 298 g/mol. The molecule has 0 atom stereocenters. The van der Waals surface area contributed by atoms with Gasteiger partial charge >= 0.3 is 0 Å². The first kappa shape index (κ1) is 17.1. The van der Waals surface area contributed by atoms with E-state index in [9.17, 15) is 8.42 Å². The normalized spacial score (nSPS) is 12.0. The van der Waals surface area contributed by atoms with Crippen LogP contribution in [0.2, 0.25) is 0 Å². The molecule has 5 heteroatoms. The van der Waals surface area contributed by atoms with Crippen LogP contribution in [0.4, 0.5) is 0 Å². The van der Waals surface area contributed by atoms with Crippen LogP contribution in [0.3, 0.4) is 0 Å². The van der Waals surface area contributed by atoms with Crippen LogP contribution in [-0.2, 0) is 16.6 Å². The summed E-state index contributed by atoms with van der Waals surface area (Å²) in [7, 11) is -1.54. The second-order valence-electron chi connectivity index (χ2n) is 5.47. The second-order valence-corrected chi connectivity index (χ2v) is 7.23. The quantitative estimate of drug-likeness (QED) is 0.689. The number of hydrogen-bond acceptors (Lipinski definition) is 3. The molecular formula is C15H26N2O2S. The van der Waals surface area contributed by atoms with Crippen molar-refractivity contribution in [2.75, 3.05) is 13.6 Å². The summed E-state index contributed by atoms with van der Waals surface area (Å²) in [6, 6.07) is 7.04. The van der Waals surface area contributed by atoms with E-state index in [1.165, 1.54) is 0 Å². The predicted octanol–water partition coefficient (Wildman–Crippen LogP) is 2.51. The molecule has 114 valence electrons. The van der Waals surface area contributed by atoms with Crippen molar-refractivity contribution in [1.82, 2.24) is 10.0 Å². The van der Waals surface area contributed by atoms with Gasteiger partial charge in [0.1, 0.15) is 0 Å². The van der Waals surface area contributed by atoms with Crippen molar-refractivity contribution in [2.24, 2.45) is 5.92 Å². The van der Waals surface area contributed by atoms with Gasteiger partial charge in [-0.2, -0.15) is 0 Å². The molecule has 0 spiro atoms. The Bertz CT molecular complexity index is 498. The van der Waals surface area contributed by atoms with Gasteiger partial charge in [-0.05, 0) is 37.1 Å². The second kappa shape index (κ2) is 8.39. The van der Waals surface area contributed by atoms with Crippen LogP contribution in [0.1, 0.15) is 38.7 Å². The van der Waals surface area contributed by atoms with E-state index < -0.39 is 10.0 Å². The third-order valence-corrected chi connectivity index (χ3v) is 4.55. The minimum atomic E-state index is -3.38. The van der Waals surface area contributed by atoms with Gasteiger partial charge in [0.05, 0.1) is 4.90 Å². The Morgan fingerprint density at radius 2 is 1.95 bits per heavy atom. The third kappa shape index (κ3) is 6.03. The molecule has 1 rings (SSSR count). The molecule has 2 N–H and O–H groups in total. The van der Waals surface area contributed by atoms with Crippen LogP contribution < -0.4 is 10.0 Å². The van der Waals surface area contributed by atoms with E-state index in [1.807, 2.05) is 13.1 Å². The highest BCUT2D eigenvalue weighted by Gasteiger charge is 2.13. The third-order valence-electron chi connectivity index (χ3n) is 3.09. The first-order valence-corrected chi connectivity index (χ1v) is 8.67. The van der Waals surface area contributed by atoms with Gasteiger partial charge in [0, 0.05) is 13.1 Å². The van der Waals surface area contributed by atoms with Crippen LogP contribution in [-0.4, -0.2) is 22.0 Å². The lowest BCUT2D eigenvalue weighted by atomic mass is 10.1. The Morgan fingerprint density at radius 1 is 1.20 bits per heavy atom. The number of sulfonamides is 1. The van der Waals surface area contributed by atoms with Crippen LogP contribution in [0, 0.1) is 5.92 Å². The average Bonchev–Trinajstić information content (AvgIpc) is 2.38. The summed E-state index contributed by atoms with van der Waals surface area (Å²) in [6.45, 7) is 5.53. The fourth-order valence-corrected chi connectivity index (χ4v) is 3.14. The summed E-state index contributed by atoms with van der Waals surface area (Å²) in [5.41, 5.74) is 0.968. The number of rotatable bonds is 9. The zero-order valence-corrected chi connectivity index (χ0v) is 13.5. The lowest BCUT2D eigenvalue weighted by molar-refractivity contribution is 0.530. The minimum absolute atomic E-state index is 0.342. The summed E-state index contributed by atoms with van der Waals surface area (Å²) in [5.74, 6) is 0.671. The molecule has 20 heavy (non-hydrogen) atoms. The van der Waals surface area contributed by atoms with E-state index in [1.54, 1.807) is 18.2 Å². The topological polar surface area (TPSA) is 58.2 Å². The summed E-state index contributed by atoms with van der Waals surface area (Å²) in [5, 5.41) is 3.02. The number of unbranched alkanes of at least 4 members (excludes halogenated alkanes) is 1. The molecule has 1 aromatic rings. The summed E-state index contributed by atoms with van der Waals surface area (Å²) in [6.07, 6.45) is 3.08. The van der Waals surface area contributed by atoms with E-state index in [4.69, 9.17) is 0 Å². The van der Waals surface area contributed by atoms with Crippen molar-refractivity contribution in [3.05, 3.63) is 29.8 Å². The smallest absolute Gasteiger partial charge is 0.240 e. The SMILES string of the molecule is CNCc1cccc(S(=O)(=O)NCCCCC(C)C)c1. The maximum absolute atomic E-state index is 12.2. The molecule has 0 fully saturated rings. The molecule has 0 aliphatic carbocycles. The molecule has 4 nitrogen and oxygen atoms in total. The molecule has 0 saturated carbocycles. The average molecular weight is 298 g/mol. The van der Waals surface area contributed by atoms with Gasteiger partial charge in [-0.1, -0.05) is 38.8 Å². The minimum Gasteiger partial charge on any atom is -0.316 e. The van der Waals surface area contributed by atoms with Crippen molar-refractivity contribution in [1.29, 1.82) is 0 Å². The summed E-state index contributed by atoms with van der Waals surface area (Å²) in [4.78, 5) is 0.342. The van der Waals surface area contributed by atoms with Crippen LogP contribution in [0.25, 0.3) is 0 Å². The van der Waals surface area contributed by atoms with Crippen LogP contribution in [0.5, 0.6) is 0 Å². The molecule has 0 aliphatic rings. The largest absolute Gasteiger partial charge is 0.316 e. The molecule has 0 saturated heterocycles. The Balaban J connectivity index is 2.53. The first-order chi connectivity index (χ1) is 9.45. The Labute approximate surface area is 123 Å². The molecule has 0 aliphatic heterocycles. The van der Waals surface area contributed by atoms with Gasteiger partial charge in [-0.25, -0.2) is 13.1 Å². The van der Waals surface area contributed by atoms with E-state index in [2.05, 4.69) is 23.9 Å². The number of nitrogens with one attached hydrogen (secondary N) is 2. The van der Waals surface area contributed by atoms with Gasteiger partial charge in [-0.3, -0.25) is 0 Å². The van der Waals surface area contributed by atoms with E-state index in [0.29, 0.717) is 23.9 Å². The molecule has 0 heterocycles. The van der Waals surface area contributed by atoms with E-state index in [0.717, 1.165) is 24.8 Å². The first-order valence-electron chi connectivity index (χ1n) is 7.19. The van der Waals surface area contributed by atoms with Crippen LogP contribution >= 0.6 is 0 Å². The van der Waals surface area contributed by atoms with Gasteiger partial charge in [0.15, 0.2) is 0 Å². The Hall–Kier alpha value is -0.910. The predicted molar refractivity (Wildman–Crippen MR) is 83.1 cm³/mol. The molecule has 1 aromatic carbocycles. The highest BCUT2D eigenvalue weighted by Crippen LogP contribution is 2.12. The standard InChI is InChI=1S/C15H26N2O2S/c1-13(2)7-4-5-10-17-20(18,19)15-9-6-8-14(11-15)12-16-3/h6,8-9,11,13,16-17H,4-5,7,10,12H2,1-3H3. The molecule has 0 radical (unpaired) electrons. The maximum Gasteiger partial charge on any atom is 0.240 e. The lowest BCUT2D eigenvalue weighted by Crippen LogP contribution is -2.25. The summed E-state index contributed by atoms with van der Waals surface area (Å²) >= 11 is 0. The zero-order chi connectivity index (χ0) is 15.0. The Morgan fingerprint density at radius 3 is 2.60 bits per heavy atom. The van der Waals surface area contributed by atoms with Gasteiger partial charge < -0.3 is 5.32 Å². The van der Waals surface area contributed by atoms with Crippen LogP contribution in [0.15, 0.2) is 29.2 Å². The summed E-state index contributed by atoms with van der Waals surface area (Å²) < 4.78 is 27.0. The number of hydrogen-bond donors (Lipinski definition) is 2. The van der Waals surface area contributed by atoms with E-state index in [-0.39, 0.29) is 0 Å². The maximum atomic E-state index is 12.2. The molecule has 0 bridgehead atoms. The lowest BCUT2D eigenvalue weighted by Gasteiger charge is -2.09. The van der Waals surface area contributed by atoms with Crippen molar-refractivity contribution < 1.29 is 8.42 Å². The van der Waals surface area contributed by atoms with Crippen molar-refractivity contribution in [3.8, 4) is 0 Å². The van der Waals surface area contributed by atoms with Gasteiger partial charge in [-0.15, -0.1) is 0 Å².